The fourth-order valence-corrected chi connectivity index (χ4v) is 5.92. The minimum Gasteiger partial charge on any atom is -0.352 e. The van der Waals surface area contributed by atoms with Gasteiger partial charge in [0.15, 0.2) is 0 Å². The average Bonchev–Trinajstić information content (AvgIpc) is 2.88. The maximum Gasteiger partial charge on any atom is 0.417 e. The quantitative estimate of drug-likeness (QED) is 0.379. The zero-order valence-corrected chi connectivity index (χ0v) is 24.4. The van der Waals surface area contributed by atoms with Crippen LogP contribution in [0.1, 0.15) is 62.1 Å². The molecule has 2 amide bonds. The number of benzene rings is 2. The molecular formula is C28H35ClF3N3O4S. The van der Waals surface area contributed by atoms with Crippen LogP contribution in [0, 0.1) is 6.92 Å². The minimum absolute atomic E-state index is 0.00555. The predicted octanol–water partition coefficient (Wildman–Crippen LogP) is 5.69. The number of nitrogens with one attached hydrogen (secondary N) is 1. The number of nitrogens with zero attached hydrogens (tertiary/aromatic N) is 2. The second kappa shape index (κ2) is 13.2. The second-order valence-corrected chi connectivity index (χ2v) is 12.5. The first-order chi connectivity index (χ1) is 18.7. The van der Waals surface area contributed by atoms with Gasteiger partial charge in [0, 0.05) is 12.6 Å². The van der Waals surface area contributed by atoms with Crippen molar-refractivity contribution in [2.24, 2.45) is 0 Å². The van der Waals surface area contributed by atoms with Gasteiger partial charge in [0.1, 0.15) is 12.6 Å². The van der Waals surface area contributed by atoms with E-state index >= 15 is 0 Å². The zero-order valence-electron chi connectivity index (χ0n) is 22.8. The average molecular weight is 602 g/mol. The van der Waals surface area contributed by atoms with E-state index in [9.17, 15) is 31.2 Å². The van der Waals surface area contributed by atoms with Gasteiger partial charge < -0.3 is 10.2 Å². The van der Waals surface area contributed by atoms with E-state index in [1.807, 2.05) is 31.2 Å². The van der Waals surface area contributed by atoms with Gasteiger partial charge in [0.2, 0.25) is 21.8 Å². The molecule has 3 rings (SSSR count). The van der Waals surface area contributed by atoms with Crippen molar-refractivity contribution in [1.82, 2.24) is 10.2 Å². The van der Waals surface area contributed by atoms with Gasteiger partial charge in [-0.15, -0.1) is 0 Å². The minimum atomic E-state index is -4.83. The molecule has 1 saturated carbocycles. The summed E-state index contributed by atoms with van der Waals surface area (Å²) < 4.78 is 66.6. The van der Waals surface area contributed by atoms with Crippen molar-refractivity contribution in [3.63, 3.8) is 0 Å². The Balaban J connectivity index is 1.96. The van der Waals surface area contributed by atoms with Crippen LogP contribution < -0.4 is 9.62 Å². The Morgan fingerprint density at radius 2 is 1.70 bits per heavy atom. The van der Waals surface area contributed by atoms with Gasteiger partial charge in [-0.1, -0.05) is 67.6 Å². The third-order valence-electron chi connectivity index (χ3n) is 7.03. The number of halogens is 4. The summed E-state index contributed by atoms with van der Waals surface area (Å²) in [5.41, 5.74) is 0.139. The van der Waals surface area contributed by atoms with Gasteiger partial charge in [0.25, 0.3) is 0 Å². The predicted molar refractivity (Wildman–Crippen MR) is 149 cm³/mol. The van der Waals surface area contributed by atoms with Crippen molar-refractivity contribution in [3.05, 3.63) is 64.2 Å². The molecule has 0 bridgehead atoms. The summed E-state index contributed by atoms with van der Waals surface area (Å²) in [6.45, 7) is 2.88. The van der Waals surface area contributed by atoms with E-state index in [1.54, 1.807) is 6.92 Å². The van der Waals surface area contributed by atoms with E-state index in [4.69, 9.17) is 11.6 Å². The lowest BCUT2D eigenvalue weighted by Gasteiger charge is -2.34. The van der Waals surface area contributed by atoms with Gasteiger partial charge in [-0.25, -0.2) is 8.42 Å². The molecule has 0 unspecified atom stereocenters. The molecule has 0 heterocycles. The first-order valence-electron chi connectivity index (χ1n) is 13.2. The Labute approximate surface area is 238 Å². The van der Waals surface area contributed by atoms with Crippen molar-refractivity contribution in [2.75, 3.05) is 17.1 Å². The molecule has 0 aliphatic heterocycles. The van der Waals surface area contributed by atoms with Crippen molar-refractivity contribution in [3.8, 4) is 0 Å². The van der Waals surface area contributed by atoms with Crippen LogP contribution in [0.3, 0.4) is 0 Å². The monoisotopic (exact) mass is 601 g/mol. The molecule has 1 atom stereocenters. The molecule has 1 N–H and O–H groups in total. The fraction of sp³-hybridized carbons (Fsp3) is 0.500. The molecule has 7 nitrogen and oxygen atoms in total. The molecule has 40 heavy (non-hydrogen) atoms. The fourth-order valence-electron chi connectivity index (χ4n) is 4.85. The molecule has 1 fully saturated rings. The highest BCUT2D eigenvalue weighted by atomic mass is 35.5. The van der Waals surface area contributed by atoms with E-state index in [-0.39, 0.29) is 30.6 Å². The molecule has 2 aromatic carbocycles. The second-order valence-electron chi connectivity index (χ2n) is 10.2. The van der Waals surface area contributed by atoms with E-state index in [2.05, 4.69) is 5.32 Å². The van der Waals surface area contributed by atoms with Crippen LogP contribution in [0.5, 0.6) is 0 Å². The molecule has 0 radical (unpaired) electrons. The Morgan fingerprint density at radius 3 is 2.25 bits per heavy atom. The number of carbonyl (C=O) groups is 2. The highest BCUT2D eigenvalue weighted by Gasteiger charge is 2.36. The number of hydrogen-bond acceptors (Lipinski definition) is 4. The lowest BCUT2D eigenvalue weighted by atomic mass is 9.95. The van der Waals surface area contributed by atoms with Crippen LogP contribution in [0.15, 0.2) is 42.5 Å². The summed E-state index contributed by atoms with van der Waals surface area (Å²) >= 11 is 5.72. The third kappa shape index (κ3) is 8.36. The summed E-state index contributed by atoms with van der Waals surface area (Å²) in [6.07, 6.45) is 1.01. The zero-order chi connectivity index (χ0) is 29.7. The third-order valence-corrected chi connectivity index (χ3v) is 8.50. The number of anilines is 1. The number of carbonyl (C=O) groups excluding carboxylic acids is 2. The molecule has 0 spiro atoms. The number of hydrogen-bond donors (Lipinski definition) is 1. The molecule has 220 valence electrons. The van der Waals surface area contributed by atoms with Crippen molar-refractivity contribution in [1.29, 1.82) is 0 Å². The van der Waals surface area contributed by atoms with Gasteiger partial charge in [-0.3, -0.25) is 13.9 Å². The lowest BCUT2D eigenvalue weighted by Crippen LogP contribution is -2.54. The van der Waals surface area contributed by atoms with Crippen LogP contribution in [0.25, 0.3) is 0 Å². The van der Waals surface area contributed by atoms with Crippen molar-refractivity contribution >= 4 is 39.1 Å². The SMILES string of the molecule is CC[C@H](C(=O)NC1CCCCC1)N(Cc1ccc(C)cc1)C(=O)CN(c1ccc(Cl)c(C(F)(F)F)c1)S(C)(=O)=O. The highest BCUT2D eigenvalue weighted by Crippen LogP contribution is 2.37. The first kappa shape index (κ1) is 31.7. The van der Waals surface area contributed by atoms with E-state index in [0.717, 1.165) is 61.6 Å². The first-order valence-corrected chi connectivity index (χ1v) is 15.4. The summed E-state index contributed by atoms with van der Waals surface area (Å²) in [7, 11) is -4.20. The van der Waals surface area contributed by atoms with Crippen LogP contribution in [0.2, 0.25) is 5.02 Å². The summed E-state index contributed by atoms with van der Waals surface area (Å²) in [5.74, 6) is -1.06. The number of rotatable bonds is 10. The van der Waals surface area contributed by atoms with Crippen LogP contribution >= 0.6 is 11.6 Å². The Kier molecular flexibility index (Phi) is 10.5. The number of alkyl halides is 3. The number of sulfonamides is 1. The topological polar surface area (TPSA) is 86.8 Å². The molecule has 0 aromatic heterocycles. The normalized spacial score (nSPS) is 15.4. The van der Waals surface area contributed by atoms with E-state index < -0.39 is 45.3 Å². The van der Waals surface area contributed by atoms with Crippen molar-refractivity contribution in [2.45, 2.75) is 77.2 Å². The van der Waals surface area contributed by atoms with E-state index in [1.165, 1.54) is 4.90 Å². The Bertz CT molecular complexity index is 1300. The number of amides is 2. The molecule has 0 saturated heterocycles. The highest BCUT2D eigenvalue weighted by molar-refractivity contribution is 7.92. The van der Waals surface area contributed by atoms with Gasteiger partial charge in [0.05, 0.1) is 22.5 Å². The Hall–Kier alpha value is -2.79. The molecule has 2 aromatic rings. The van der Waals surface area contributed by atoms with Crippen LogP contribution in [-0.4, -0.2) is 50.0 Å². The smallest absolute Gasteiger partial charge is 0.352 e. The number of aryl methyl sites for hydroxylation is 1. The van der Waals surface area contributed by atoms with E-state index in [0.29, 0.717) is 10.4 Å². The van der Waals surface area contributed by atoms with Crippen LogP contribution in [-0.2, 0) is 32.3 Å². The maximum absolute atomic E-state index is 13.8. The largest absolute Gasteiger partial charge is 0.417 e. The van der Waals surface area contributed by atoms with Gasteiger partial charge in [-0.2, -0.15) is 13.2 Å². The molecule has 1 aliphatic carbocycles. The molecular weight excluding hydrogens is 567 g/mol. The van der Waals surface area contributed by atoms with Gasteiger partial charge >= 0.3 is 6.18 Å². The molecule has 12 heteroatoms. The van der Waals surface area contributed by atoms with Crippen LogP contribution in [0.4, 0.5) is 18.9 Å². The lowest BCUT2D eigenvalue weighted by molar-refractivity contribution is -0.140. The summed E-state index contributed by atoms with van der Waals surface area (Å²) in [6, 6.07) is 9.08. The summed E-state index contributed by atoms with van der Waals surface area (Å²) in [4.78, 5) is 28.5. The summed E-state index contributed by atoms with van der Waals surface area (Å²) in [5, 5.41) is 2.45. The van der Waals surface area contributed by atoms with Crippen molar-refractivity contribution < 1.29 is 31.2 Å². The standard InChI is InChI=1S/C28H35ClF3N3O4S/c1-4-25(27(37)33-21-8-6-5-7-9-21)34(17-20-12-10-19(2)11-13-20)26(36)18-35(40(3,38)39)22-14-15-24(29)23(16-22)28(30,31)32/h10-16,21,25H,4-9,17-18H2,1-3H3,(H,33,37)/t25-/m1/s1. The Morgan fingerprint density at radius 1 is 1.07 bits per heavy atom. The van der Waals surface area contributed by atoms with Gasteiger partial charge in [-0.05, 0) is 49.9 Å². The molecule has 1 aliphatic rings. The maximum atomic E-state index is 13.8.